The van der Waals surface area contributed by atoms with Gasteiger partial charge in [0.1, 0.15) is 0 Å². The Hall–Kier alpha value is -0.850. The molecule has 5 saturated carbocycles. The van der Waals surface area contributed by atoms with Crippen LogP contribution in [0.3, 0.4) is 0 Å². The maximum Gasteiger partial charge on any atom is 0.407 e. The van der Waals surface area contributed by atoms with Gasteiger partial charge in [-0.25, -0.2) is 4.79 Å². The molecule has 0 unspecified atom stereocenters. The molecule has 0 aromatic carbocycles. The van der Waals surface area contributed by atoms with Crippen molar-refractivity contribution in [3.05, 3.63) is 0 Å². The molecule has 10 atom stereocenters. The molecule has 37 heavy (non-hydrogen) atoms. The zero-order valence-corrected chi connectivity index (χ0v) is 23.5. The van der Waals surface area contributed by atoms with E-state index in [1.807, 2.05) is 0 Å². The van der Waals surface area contributed by atoms with Crippen molar-refractivity contribution in [3.63, 3.8) is 0 Å². The summed E-state index contributed by atoms with van der Waals surface area (Å²) in [7, 11) is 0. The van der Waals surface area contributed by atoms with Crippen molar-refractivity contribution >= 4 is 6.09 Å². The van der Waals surface area contributed by atoms with E-state index in [0.717, 1.165) is 64.2 Å². The second-order valence-corrected chi connectivity index (χ2v) is 14.1. The van der Waals surface area contributed by atoms with Crippen molar-refractivity contribution in [1.82, 2.24) is 5.32 Å². The van der Waals surface area contributed by atoms with E-state index in [2.05, 4.69) is 26.1 Å². The lowest BCUT2D eigenvalue weighted by molar-refractivity contribution is -0.202. The highest BCUT2D eigenvalue weighted by Crippen LogP contribution is 2.69. The van der Waals surface area contributed by atoms with Crippen LogP contribution >= 0.6 is 0 Å². The molecule has 0 aromatic rings. The Kier molecular flexibility index (Phi) is 8.21. The predicted octanol–water partition coefficient (Wildman–Crippen LogP) is 5.42. The molecular weight excluding hydrogens is 466 g/mol. The zero-order chi connectivity index (χ0) is 26.4. The van der Waals surface area contributed by atoms with Crippen LogP contribution in [0, 0.1) is 46.3 Å². The third-order valence-electron chi connectivity index (χ3n) is 12.5. The molecule has 5 fully saturated rings. The van der Waals surface area contributed by atoms with Crippen molar-refractivity contribution in [2.24, 2.45) is 46.3 Å². The van der Waals surface area contributed by atoms with Crippen LogP contribution in [0.1, 0.15) is 111 Å². The summed E-state index contributed by atoms with van der Waals surface area (Å²) in [6, 6.07) is 0.128. The molecule has 5 aliphatic carbocycles. The monoisotopic (exact) mass is 519 g/mol. The van der Waals surface area contributed by atoms with Gasteiger partial charge in [0.05, 0.1) is 24.9 Å². The number of rotatable bonds is 6. The highest BCUT2D eigenvalue weighted by Gasteiger charge is 2.64. The summed E-state index contributed by atoms with van der Waals surface area (Å²) >= 11 is 0. The van der Waals surface area contributed by atoms with E-state index in [4.69, 9.17) is 4.74 Å². The molecule has 0 heterocycles. The molecule has 0 aliphatic heterocycles. The highest BCUT2D eigenvalue weighted by molar-refractivity contribution is 5.67. The molecular formula is C31H53NO5. The van der Waals surface area contributed by atoms with Gasteiger partial charge in [-0.15, -0.1) is 0 Å². The second-order valence-electron chi connectivity index (χ2n) is 14.1. The summed E-state index contributed by atoms with van der Waals surface area (Å²) in [5.41, 5.74) is 0.518. The van der Waals surface area contributed by atoms with Gasteiger partial charge in [-0.05, 0) is 130 Å². The highest BCUT2D eigenvalue weighted by atomic mass is 16.5. The first-order chi connectivity index (χ1) is 17.7. The lowest BCUT2D eigenvalue weighted by atomic mass is 9.41. The first kappa shape index (κ1) is 27.7. The molecule has 0 bridgehead atoms. The molecule has 212 valence electrons. The van der Waals surface area contributed by atoms with Gasteiger partial charge < -0.3 is 25.4 Å². The largest absolute Gasteiger partial charge is 0.450 e. The fraction of sp³-hybridized carbons (Fsp3) is 0.968. The normalized spacial score (nSPS) is 49.5. The van der Waals surface area contributed by atoms with Gasteiger partial charge in [0.25, 0.3) is 0 Å². The number of aliphatic hydroxyl groups is 3. The molecule has 6 nitrogen and oxygen atoms in total. The van der Waals surface area contributed by atoms with E-state index in [9.17, 15) is 20.1 Å². The quantitative estimate of drug-likeness (QED) is 0.351. The number of alkyl carbamates (subject to hydrolysis) is 1. The van der Waals surface area contributed by atoms with Crippen LogP contribution in [0.15, 0.2) is 0 Å². The Morgan fingerprint density at radius 2 is 1.57 bits per heavy atom. The summed E-state index contributed by atoms with van der Waals surface area (Å²) in [5, 5.41) is 34.9. The minimum Gasteiger partial charge on any atom is -0.450 e. The summed E-state index contributed by atoms with van der Waals surface area (Å²) in [6.45, 7) is 7.71. The molecule has 0 aromatic heterocycles. The standard InChI is InChI=1S/C31H53NO5/c1-4-23-26-18-22(34)13-15-31(26,3)25-14-16-30(2)19(7-12-24(30)27(25)28(23)35)6-5-17-37-29(36)32-20-8-10-21(33)11-9-20/h19-28,33-35H,4-18H2,1-3H3,(H,32,36)/t19-,20-,21-,22+,23+,24-,25-,26-,27-,28+,30+,31+/m0/s1. The average molecular weight is 520 g/mol. The van der Waals surface area contributed by atoms with Gasteiger partial charge >= 0.3 is 6.09 Å². The van der Waals surface area contributed by atoms with Crippen molar-refractivity contribution in [2.45, 2.75) is 135 Å². The number of amides is 1. The van der Waals surface area contributed by atoms with Crippen molar-refractivity contribution in [2.75, 3.05) is 6.61 Å². The van der Waals surface area contributed by atoms with E-state index in [1.165, 1.54) is 25.7 Å². The Morgan fingerprint density at radius 3 is 2.30 bits per heavy atom. The average Bonchev–Trinajstić information content (AvgIpc) is 3.21. The number of hydrogen-bond donors (Lipinski definition) is 4. The Bertz CT molecular complexity index is 798. The Labute approximate surface area is 224 Å². The number of carbonyl (C=O) groups is 1. The maximum absolute atomic E-state index is 12.3. The first-order valence-corrected chi connectivity index (χ1v) is 15.6. The van der Waals surface area contributed by atoms with E-state index in [0.29, 0.717) is 42.1 Å². The van der Waals surface area contributed by atoms with Gasteiger partial charge in [0.15, 0.2) is 0 Å². The van der Waals surface area contributed by atoms with Gasteiger partial charge in [-0.3, -0.25) is 0 Å². The minimum atomic E-state index is -0.311. The fourth-order valence-corrected chi connectivity index (χ4v) is 10.5. The molecule has 5 rings (SSSR count). The summed E-state index contributed by atoms with van der Waals surface area (Å²) in [4.78, 5) is 12.3. The van der Waals surface area contributed by atoms with Crippen LogP contribution in [-0.4, -0.2) is 52.4 Å². The van der Waals surface area contributed by atoms with Crippen LogP contribution in [0.4, 0.5) is 4.79 Å². The van der Waals surface area contributed by atoms with E-state index in [-0.39, 0.29) is 41.3 Å². The molecule has 0 saturated heterocycles. The molecule has 0 radical (unpaired) electrons. The molecule has 1 amide bonds. The maximum atomic E-state index is 12.3. The zero-order valence-electron chi connectivity index (χ0n) is 23.5. The number of fused-ring (bicyclic) bond motifs is 5. The molecule has 6 heteroatoms. The van der Waals surface area contributed by atoms with Crippen LogP contribution in [0.25, 0.3) is 0 Å². The number of ether oxygens (including phenoxy) is 1. The van der Waals surface area contributed by atoms with Crippen molar-refractivity contribution in [1.29, 1.82) is 0 Å². The van der Waals surface area contributed by atoms with Gasteiger partial charge in [0, 0.05) is 6.04 Å². The first-order valence-electron chi connectivity index (χ1n) is 15.6. The molecule has 0 spiro atoms. The molecule has 5 aliphatic rings. The Morgan fingerprint density at radius 1 is 0.865 bits per heavy atom. The second kappa shape index (κ2) is 11.0. The van der Waals surface area contributed by atoms with Crippen LogP contribution in [0.2, 0.25) is 0 Å². The minimum absolute atomic E-state index is 0.128. The van der Waals surface area contributed by atoms with Gasteiger partial charge in [-0.2, -0.15) is 0 Å². The van der Waals surface area contributed by atoms with Gasteiger partial charge in [-0.1, -0.05) is 27.2 Å². The number of nitrogens with one attached hydrogen (secondary N) is 1. The fourth-order valence-electron chi connectivity index (χ4n) is 10.5. The summed E-state index contributed by atoms with van der Waals surface area (Å²) in [5.74, 6) is 2.93. The SMILES string of the molecule is CC[C@H]1[C@@H](O)[C@@H]2[C@H](CC[C@]3(C)[C@@H](CCCOC(=O)N[C@H]4CC[C@H](O)CC4)CC[C@@H]23)[C@@]2(C)CC[C@@H](O)C[C@@H]12. The third-order valence-corrected chi connectivity index (χ3v) is 12.5. The lowest BCUT2D eigenvalue weighted by Crippen LogP contribution is -2.62. The van der Waals surface area contributed by atoms with E-state index >= 15 is 0 Å². The smallest absolute Gasteiger partial charge is 0.407 e. The summed E-state index contributed by atoms with van der Waals surface area (Å²) < 4.78 is 5.54. The Balaban J connectivity index is 1.17. The van der Waals surface area contributed by atoms with Gasteiger partial charge in [0.2, 0.25) is 0 Å². The lowest BCUT2D eigenvalue weighted by Gasteiger charge is -2.64. The number of aliphatic hydroxyl groups excluding tert-OH is 3. The van der Waals surface area contributed by atoms with E-state index < -0.39 is 0 Å². The number of carbonyl (C=O) groups excluding carboxylic acids is 1. The van der Waals surface area contributed by atoms with Crippen LogP contribution in [-0.2, 0) is 4.74 Å². The predicted molar refractivity (Wildman–Crippen MR) is 144 cm³/mol. The molecule has 4 N–H and O–H groups in total. The van der Waals surface area contributed by atoms with Crippen LogP contribution < -0.4 is 5.32 Å². The van der Waals surface area contributed by atoms with Crippen molar-refractivity contribution < 1.29 is 24.9 Å². The third kappa shape index (κ3) is 5.09. The van der Waals surface area contributed by atoms with Crippen LogP contribution in [0.5, 0.6) is 0 Å². The van der Waals surface area contributed by atoms with E-state index in [1.54, 1.807) is 0 Å². The topological polar surface area (TPSA) is 99.0 Å². The van der Waals surface area contributed by atoms with Crippen molar-refractivity contribution in [3.8, 4) is 0 Å². The summed E-state index contributed by atoms with van der Waals surface area (Å²) in [6.07, 6.45) is 13.0. The number of hydrogen-bond acceptors (Lipinski definition) is 5.